The molecule has 0 radical (unpaired) electrons. The summed E-state index contributed by atoms with van der Waals surface area (Å²) in [5.74, 6) is 1.52. The fourth-order valence-corrected chi connectivity index (χ4v) is 2.79. The van der Waals surface area contributed by atoms with Crippen molar-refractivity contribution in [2.75, 3.05) is 26.2 Å². The largest absolute Gasteiger partial charge is 1.00 e. The third-order valence-electron chi connectivity index (χ3n) is 3.68. The van der Waals surface area contributed by atoms with Crippen LogP contribution in [-0.4, -0.2) is 36.5 Å². The molecular weight excluding hydrogens is 240 g/mol. The van der Waals surface area contributed by atoms with E-state index < -0.39 is 0 Å². The molecule has 0 saturated carbocycles. The number of fused-ring (bicyclic) bond motifs is 1. The molecular formula is C11H21BrN2. The fraction of sp³-hybridized carbons (Fsp3) is 0.909. The molecule has 0 aromatic carbocycles. The van der Waals surface area contributed by atoms with Crippen LogP contribution in [0.5, 0.6) is 0 Å². The Balaban J connectivity index is 0.000000980. The SMILES string of the molecule is CC[N+]12CCCCCC1=NCCC2.[Br-]. The van der Waals surface area contributed by atoms with Crippen molar-refractivity contribution < 1.29 is 21.5 Å². The summed E-state index contributed by atoms with van der Waals surface area (Å²) in [6.45, 7) is 7.39. The van der Waals surface area contributed by atoms with Gasteiger partial charge in [0, 0.05) is 19.4 Å². The van der Waals surface area contributed by atoms with E-state index in [1.807, 2.05) is 0 Å². The van der Waals surface area contributed by atoms with Crippen LogP contribution in [0, 0.1) is 0 Å². The number of nitrogens with zero attached hydrogens (tertiary/aromatic N) is 2. The summed E-state index contributed by atoms with van der Waals surface area (Å²) in [5.41, 5.74) is 0. The van der Waals surface area contributed by atoms with Gasteiger partial charge in [-0.3, -0.25) is 4.48 Å². The van der Waals surface area contributed by atoms with E-state index in [2.05, 4.69) is 6.92 Å². The normalized spacial score (nSPS) is 32.2. The molecule has 3 heteroatoms. The topological polar surface area (TPSA) is 12.4 Å². The summed E-state index contributed by atoms with van der Waals surface area (Å²) in [4.78, 5) is 4.74. The van der Waals surface area contributed by atoms with Crippen LogP contribution in [0.1, 0.15) is 39.0 Å². The van der Waals surface area contributed by atoms with E-state index in [1.54, 1.807) is 0 Å². The van der Waals surface area contributed by atoms with Crippen molar-refractivity contribution in [3.8, 4) is 0 Å². The lowest BCUT2D eigenvalue weighted by Gasteiger charge is -2.39. The van der Waals surface area contributed by atoms with E-state index in [0.717, 1.165) is 6.54 Å². The van der Waals surface area contributed by atoms with Crippen molar-refractivity contribution in [3.63, 3.8) is 0 Å². The Morgan fingerprint density at radius 2 is 1.93 bits per heavy atom. The van der Waals surface area contributed by atoms with Gasteiger partial charge in [-0.25, -0.2) is 4.99 Å². The van der Waals surface area contributed by atoms with Gasteiger partial charge in [0.25, 0.3) is 0 Å². The van der Waals surface area contributed by atoms with Crippen molar-refractivity contribution in [1.29, 1.82) is 0 Å². The molecule has 0 aliphatic carbocycles. The third kappa shape index (κ3) is 2.19. The monoisotopic (exact) mass is 260 g/mol. The van der Waals surface area contributed by atoms with E-state index in [0.29, 0.717) is 0 Å². The van der Waals surface area contributed by atoms with Gasteiger partial charge in [-0.05, 0) is 26.2 Å². The molecule has 2 aliphatic rings. The number of aliphatic imine (C=N–C) groups is 1. The summed E-state index contributed by atoms with van der Waals surface area (Å²) in [5, 5.41) is 0. The van der Waals surface area contributed by atoms with Crippen molar-refractivity contribution in [1.82, 2.24) is 0 Å². The summed E-state index contributed by atoms with van der Waals surface area (Å²) >= 11 is 0. The molecule has 0 aromatic rings. The molecule has 2 aliphatic heterocycles. The number of amidine groups is 1. The van der Waals surface area contributed by atoms with Crippen molar-refractivity contribution in [3.05, 3.63) is 0 Å². The Morgan fingerprint density at radius 1 is 1.14 bits per heavy atom. The zero-order valence-electron chi connectivity index (χ0n) is 9.14. The van der Waals surface area contributed by atoms with Gasteiger partial charge in [-0.2, -0.15) is 0 Å². The van der Waals surface area contributed by atoms with E-state index in [-0.39, 0.29) is 17.0 Å². The van der Waals surface area contributed by atoms with E-state index in [1.165, 1.54) is 62.1 Å². The first-order valence-corrected chi connectivity index (χ1v) is 5.77. The maximum absolute atomic E-state index is 4.74. The molecule has 0 N–H and O–H groups in total. The maximum atomic E-state index is 4.74. The molecule has 1 unspecified atom stereocenters. The number of halogens is 1. The smallest absolute Gasteiger partial charge is 0.198 e. The molecule has 0 amide bonds. The van der Waals surface area contributed by atoms with Gasteiger partial charge >= 0.3 is 0 Å². The lowest BCUT2D eigenvalue weighted by atomic mass is 10.2. The average Bonchev–Trinajstić information content (AvgIpc) is 2.40. The van der Waals surface area contributed by atoms with E-state index >= 15 is 0 Å². The Kier molecular flexibility index (Phi) is 4.58. The highest BCUT2D eigenvalue weighted by atomic mass is 79.9. The van der Waals surface area contributed by atoms with Crippen LogP contribution in [0.25, 0.3) is 0 Å². The molecule has 2 rings (SSSR count). The zero-order chi connectivity index (χ0) is 9.15. The second-order valence-corrected chi connectivity index (χ2v) is 4.37. The van der Waals surface area contributed by atoms with Gasteiger partial charge in [0.1, 0.15) is 0 Å². The minimum Gasteiger partial charge on any atom is -1.00 e. The predicted octanol–water partition coefficient (Wildman–Crippen LogP) is -0.797. The summed E-state index contributed by atoms with van der Waals surface area (Å²) < 4.78 is 1.24. The van der Waals surface area contributed by atoms with Gasteiger partial charge in [0.05, 0.1) is 19.6 Å². The zero-order valence-corrected chi connectivity index (χ0v) is 10.7. The van der Waals surface area contributed by atoms with E-state index in [4.69, 9.17) is 4.99 Å². The minimum absolute atomic E-state index is 0. The van der Waals surface area contributed by atoms with Gasteiger partial charge in [0.15, 0.2) is 5.84 Å². The molecule has 2 nitrogen and oxygen atoms in total. The lowest BCUT2D eigenvalue weighted by Crippen LogP contribution is -3.00. The minimum atomic E-state index is 0. The quantitative estimate of drug-likeness (QED) is 0.548. The molecule has 1 fully saturated rings. The molecule has 0 aromatic heterocycles. The van der Waals surface area contributed by atoms with Crippen molar-refractivity contribution in [2.45, 2.75) is 39.0 Å². The third-order valence-corrected chi connectivity index (χ3v) is 3.68. The van der Waals surface area contributed by atoms with Gasteiger partial charge in [0.2, 0.25) is 0 Å². The Bertz CT molecular complexity index is 215. The summed E-state index contributed by atoms with van der Waals surface area (Å²) in [6.07, 6.45) is 6.77. The fourth-order valence-electron chi connectivity index (χ4n) is 2.79. The Labute approximate surface area is 97.8 Å². The lowest BCUT2D eigenvalue weighted by molar-refractivity contribution is -0.843. The van der Waals surface area contributed by atoms with Crippen LogP contribution in [0.15, 0.2) is 4.99 Å². The first kappa shape index (κ1) is 12.2. The number of rotatable bonds is 1. The Hall–Kier alpha value is 0.110. The predicted molar refractivity (Wildman–Crippen MR) is 55.9 cm³/mol. The highest BCUT2D eigenvalue weighted by Gasteiger charge is 2.35. The first-order chi connectivity index (χ1) is 6.37. The molecule has 1 saturated heterocycles. The van der Waals surface area contributed by atoms with Crippen LogP contribution >= 0.6 is 0 Å². The highest BCUT2D eigenvalue weighted by Crippen LogP contribution is 2.24. The van der Waals surface area contributed by atoms with Crippen molar-refractivity contribution >= 4 is 5.84 Å². The summed E-state index contributed by atoms with van der Waals surface area (Å²) in [6, 6.07) is 0. The second-order valence-electron chi connectivity index (χ2n) is 4.37. The first-order valence-electron chi connectivity index (χ1n) is 5.77. The van der Waals surface area contributed by atoms with Crippen LogP contribution in [0.2, 0.25) is 0 Å². The van der Waals surface area contributed by atoms with Gasteiger partial charge in [-0.1, -0.05) is 0 Å². The Morgan fingerprint density at radius 3 is 2.71 bits per heavy atom. The number of hydrogen-bond donors (Lipinski definition) is 0. The average molecular weight is 261 g/mol. The molecule has 0 spiro atoms. The van der Waals surface area contributed by atoms with Gasteiger partial charge in [-0.15, -0.1) is 0 Å². The maximum Gasteiger partial charge on any atom is 0.198 e. The second kappa shape index (κ2) is 5.26. The molecule has 0 bridgehead atoms. The number of quaternary nitrogens is 1. The van der Waals surface area contributed by atoms with Gasteiger partial charge < -0.3 is 17.0 Å². The molecule has 2 heterocycles. The van der Waals surface area contributed by atoms with Crippen LogP contribution in [-0.2, 0) is 0 Å². The number of hydrogen-bond acceptors (Lipinski definition) is 1. The molecule has 82 valence electrons. The van der Waals surface area contributed by atoms with Crippen molar-refractivity contribution in [2.24, 2.45) is 4.99 Å². The van der Waals surface area contributed by atoms with Crippen LogP contribution in [0.4, 0.5) is 0 Å². The molecule has 14 heavy (non-hydrogen) atoms. The van der Waals surface area contributed by atoms with E-state index in [9.17, 15) is 0 Å². The van der Waals surface area contributed by atoms with Crippen LogP contribution < -0.4 is 17.0 Å². The van der Waals surface area contributed by atoms with Crippen LogP contribution in [0.3, 0.4) is 0 Å². The standard InChI is InChI=1S/C11H21N2.BrH/c1-2-13-9-5-3-4-7-11(13)12-8-6-10-13;/h2-10H2,1H3;1H/q+1;/p-1. The highest BCUT2D eigenvalue weighted by molar-refractivity contribution is 5.76. The summed E-state index contributed by atoms with van der Waals surface area (Å²) in [7, 11) is 0. The molecule has 1 atom stereocenters.